The zero-order chi connectivity index (χ0) is 22.5. The molecule has 32 heavy (non-hydrogen) atoms. The normalized spacial score (nSPS) is 11.3. The number of aliphatic hydroxyl groups excluding tert-OH is 1. The summed E-state index contributed by atoms with van der Waals surface area (Å²) in [4.78, 5) is 25.9. The van der Waals surface area contributed by atoms with Crippen molar-refractivity contribution < 1.29 is 19.4 Å². The number of tetrazole rings is 1. The number of hydrogen-bond donors (Lipinski definition) is 2. The molecule has 2 N–H and O–H groups in total. The Kier molecular flexibility index (Phi) is 5.89. The van der Waals surface area contributed by atoms with Crippen LogP contribution < -0.4 is 4.74 Å². The number of nitrogens with zero attached hydrogens (tertiary/aromatic N) is 4. The van der Waals surface area contributed by atoms with Crippen LogP contribution in [0.5, 0.6) is 5.75 Å². The lowest BCUT2D eigenvalue weighted by atomic mass is 10.1. The molecule has 2 heterocycles. The first-order chi connectivity index (χ1) is 15.5. The molecule has 9 heteroatoms. The van der Waals surface area contributed by atoms with Gasteiger partial charge in [-0.05, 0) is 29.0 Å². The van der Waals surface area contributed by atoms with Crippen LogP contribution in [0.4, 0.5) is 0 Å². The third-order valence-electron chi connectivity index (χ3n) is 4.80. The third kappa shape index (κ3) is 4.46. The number of ketones is 2. The Morgan fingerprint density at radius 1 is 1.09 bits per heavy atom. The molecule has 0 saturated heterocycles. The van der Waals surface area contributed by atoms with Crippen molar-refractivity contribution in [3.63, 3.8) is 0 Å². The van der Waals surface area contributed by atoms with Gasteiger partial charge in [0.15, 0.2) is 11.5 Å². The van der Waals surface area contributed by atoms with E-state index in [-0.39, 0.29) is 17.2 Å². The maximum atomic E-state index is 13.2. The Balaban J connectivity index is 1.69. The predicted octanol–water partition coefficient (Wildman–Crippen LogP) is 3.07. The van der Waals surface area contributed by atoms with Gasteiger partial charge in [0.2, 0.25) is 11.6 Å². The summed E-state index contributed by atoms with van der Waals surface area (Å²) in [6.45, 7) is 0.367. The monoisotopic (exact) mass is 429 g/mol. The fourth-order valence-electron chi connectivity index (χ4n) is 3.17. The Morgan fingerprint density at radius 3 is 2.50 bits per heavy atom. The molecule has 2 aromatic carbocycles. The van der Waals surface area contributed by atoms with Crippen molar-refractivity contribution in [2.75, 3.05) is 7.11 Å². The molecule has 0 aliphatic carbocycles. The number of methoxy groups -OCH3 is 1. The zero-order valence-electron chi connectivity index (χ0n) is 17.1. The number of hydrogen-bond acceptors (Lipinski definition) is 7. The highest BCUT2D eigenvalue weighted by molar-refractivity contribution is 6.12. The number of ether oxygens (including phenoxy) is 1. The van der Waals surface area contributed by atoms with Gasteiger partial charge in [-0.1, -0.05) is 42.5 Å². The van der Waals surface area contributed by atoms with Crippen LogP contribution in [0.1, 0.15) is 37.8 Å². The van der Waals surface area contributed by atoms with Gasteiger partial charge in [-0.25, -0.2) is 0 Å². The van der Waals surface area contributed by atoms with E-state index in [1.54, 1.807) is 42.1 Å². The number of allylic oxidation sites excluding steroid dienone is 1. The Morgan fingerprint density at radius 2 is 1.84 bits per heavy atom. The SMILES string of the molecule is COc1ccc(Cn2cc(C(=O)C=C(O)c3nn[nH]n3)cc2C(=O)c2ccccc2)cc1. The summed E-state index contributed by atoms with van der Waals surface area (Å²) in [6.07, 6.45) is 2.58. The molecule has 0 bridgehead atoms. The number of aromatic amines is 1. The maximum absolute atomic E-state index is 13.2. The molecule has 4 rings (SSSR count). The predicted molar refractivity (Wildman–Crippen MR) is 116 cm³/mol. The van der Waals surface area contributed by atoms with Crippen molar-refractivity contribution in [1.82, 2.24) is 25.2 Å². The third-order valence-corrected chi connectivity index (χ3v) is 4.80. The minimum Gasteiger partial charge on any atom is -0.504 e. The van der Waals surface area contributed by atoms with Crippen LogP contribution in [0.2, 0.25) is 0 Å². The van der Waals surface area contributed by atoms with Gasteiger partial charge >= 0.3 is 0 Å². The molecule has 0 unspecified atom stereocenters. The van der Waals surface area contributed by atoms with Crippen molar-refractivity contribution in [2.45, 2.75) is 6.54 Å². The topological polar surface area (TPSA) is 123 Å². The average Bonchev–Trinajstić information content (AvgIpc) is 3.50. The van der Waals surface area contributed by atoms with Crippen LogP contribution >= 0.6 is 0 Å². The van der Waals surface area contributed by atoms with Gasteiger partial charge in [0.1, 0.15) is 5.75 Å². The molecular formula is C23H19N5O4. The fourth-order valence-corrected chi connectivity index (χ4v) is 3.17. The molecule has 0 aliphatic rings. The van der Waals surface area contributed by atoms with E-state index in [2.05, 4.69) is 20.6 Å². The number of carbonyl (C=O) groups excluding carboxylic acids is 2. The number of H-pyrrole nitrogens is 1. The summed E-state index contributed by atoms with van der Waals surface area (Å²) >= 11 is 0. The Hall–Kier alpha value is -4.53. The minimum atomic E-state index is -0.497. The number of nitrogens with one attached hydrogen (secondary N) is 1. The number of aliphatic hydroxyl groups is 1. The summed E-state index contributed by atoms with van der Waals surface area (Å²) in [6, 6.07) is 17.8. The van der Waals surface area contributed by atoms with Crippen molar-refractivity contribution in [3.05, 3.63) is 101 Å². The zero-order valence-corrected chi connectivity index (χ0v) is 17.1. The van der Waals surface area contributed by atoms with Gasteiger partial charge in [0, 0.05) is 29.9 Å². The molecule has 160 valence electrons. The molecule has 0 amide bonds. The maximum Gasteiger partial charge on any atom is 0.239 e. The Bertz CT molecular complexity index is 1260. The number of aromatic nitrogens is 5. The molecule has 2 aromatic heterocycles. The second-order valence-electron chi connectivity index (χ2n) is 6.91. The van der Waals surface area contributed by atoms with Crippen molar-refractivity contribution in [1.29, 1.82) is 0 Å². The largest absolute Gasteiger partial charge is 0.504 e. The van der Waals surface area contributed by atoms with Gasteiger partial charge in [-0.15, -0.1) is 10.2 Å². The molecule has 4 aromatic rings. The highest BCUT2D eigenvalue weighted by atomic mass is 16.5. The molecule has 0 saturated carbocycles. The molecule has 0 aliphatic heterocycles. The lowest BCUT2D eigenvalue weighted by molar-refractivity contribution is 0.102. The fraction of sp³-hybridized carbons (Fsp3) is 0.0870. The number of carbonyl (C=O) groups is 2. The van der Waals surface area contributed by atoms with E-state index in [1.807, 2.05) is 30.3 Å². The van der Waals surface area contributed by atoms with E-state index < -0.39 is 11.5 Å². The minimum absolute atomic E-state index is 0.100. The quantitative estimate of drug-likeness (QED) is 0.251. The molecule has 0 spiro atoms. The van der Waals surface area contributed by atoms with Crippen LogP contribution in [0.15, 0.2) is 72.9 Å². The van der Waals surface area contributed by atoms with E-state index in [0.29, 0.717) is 17.8 Å². The average molecular weight is 429 g/mol. The first-order valence-corrected chi connectivity index (χ1v) is 9.67. The van der Waals surface area contributed by atoms with Crippen molar-refractivity contribution in [2.24, 2.45) is 0 Å². The van der Waals surface area contributed by atoms with E-state index >= 15 is 0 Å². The molecule has 0 atom stereocenters. The lowest BCUT2D eigenvalue weighted by Gasteiger charge is -2.09. The van der Waals surface area contributed by atoms with Crippen LogP contribution in [0, 0.1) is 0 Å². The summed E-state index contributed by atoms with van der Waals surface area (Å²) in [7, 11) is 1.59. The Labute approximate surface area is 183 Å². The molecule has 9 nitrogen and oxygen atoms in total. The summed E-state index contributed by atoms with van der Waals surface area (Å²) in [5.41, 5.74) is 2.02. The molecular weight excluding hydrogens is 410 g/mol. The first-order valence-electron chi connectivity index (χ1n) is 9.67. The van der Waals surface area contributed by atoms with Crippen molar-refractivity contribution in [3.8, 4) is 5.75 Å². The summed E-state index contributed by atoms with van der Waals surface area (Å²) < 4.78 is 6.90. The first kappa shape index (κ1) is 20.7. The van der Waals surface area contributed by atoms with E-state index in [1.165, 1.54) is 6.07 Å². The van der Waals surface area contributed by atoms with Gasteiger partial charge in [-0.2, -0.15) is 5.21 Å². The van der Waals surface area contributed by atoms with E-state index in [9.17, 15) is 14.7 Å². The van der Waals surface area contributed by atoms with Gasteiger partial charge in [0.05, 0.1) is 12.8 Å². The molecule has 0 radical (unpaired) electrons. The van der Waals surface area contributed by atoms with Crippen molar-refractivity contribution >= 4 is 17.3 Å². The lowest BCUT2D eigenvalue weighted by Crippen LogP contribution is -2.10. The number of benzene rings is 2. The summed E-state index contributed by atoms with van der Waals surface area (Å²) in [5.74, 6) is -0.522. The standard InChI is InChI=1S/C23H19N5O4/c1-32-18-9-7-15(8-10-18)13-28-14-17(20(29)12-21(30)23-24-26-27-25-23)11-19(28)22(31)16-5-3-2-4-6-16/h2-12,14,30H,13H2,1H3,(H,24,25,26,27). The number of rotatable bonds is 8. The smallest absolute Gasteiger partial charge is 0.239 e. The van der Waals surface area contributed by atoms with Gasteiger partial charge in [0.25, 0.3) is 0 Å². The van der Waals surface area contributed by atoms with Crippen LogP contribution in [0.25, 0.3) is 5.76 Å². The van der Waals surface area contributed by atoms with E-state index in [0.717, 1.165) is 17.4 Å². The van der Waals surface area contributed by atoms with Crippen LogP contribution in [0.3, 0.4) is 0 Å². The highest BCUT2D eigenvalue weighted by Gasteiger charge is 2.19. The van der Waals surface area contributed by atoms with E-state index in [4.69, 9.17) is 4.74 Å². The second-order valence-corrected chi connectivity index (χ2v) is 6.91. The summed E-state index contributed by atoms with van der Waals surface area (Å²) in [5, 5.41) is 22.9. The van der Waals surface area contributed by atoms with Crippen LogP contribution in [-0.4, -0.2) is 49.0 Å². The van der Waals surface area contributed by atoms with Gasteiger partial charge in [-0.3, -0.25) is 9.59 Å². The van der Waals surface area contributed by atoms with Crippen LogP contribution in [-0.2, 0) is 6.54 Å². The second kappa shape index (κ2) is 9.09. The molecule has 0 fully saturated rings. The highest BCUT2D eigenvalue weighted by Crippen LogP contribution is 2.19. The van der Waals surface area contributed by atoms with Gasteiger partial charge < -0.3 is 14.4 Å².